The van der Waals surface area contributed by atoms with Crippen molar-refractivity contribution < 1.29 is 27.8 Å². The number of piperazine rings is 1. The standard InChI is InChI=1S/C37H37F2N5O4/c1-25-4-8-27(9-5-25)36(45)41(2)29-11-15-35(40-22-29)48-31-14-10-28-20-33(42(3)32(28)21-31)37(46)44-18-16-43(17-19-44)23-26-6-12-30(13-7-26)47-24-34(38)39/h4-15,20-22,34H,16-19,23-24H2,1-3H3. The number of ether oxygens (including phenoxy) is 2. The molecule has 2 aromatic heterocycles. The fraction of sp³-hybridized carbons (Fsp3) is 0.270. The van der Waals surface area contributed by atoms with Crippen LogP contribution in [0.3, 0.4) is 0 Å². The van der Waals surface area contributed by atoms with Gasteiger partial charge in [0.25, 0.3) is 18.2 Å². The maximum atomic E-state index is 13.6. The number of hydrogen-bond acceptors (Lipinski definition) is 6. The number of benzene rings is 3. The van der Waals surface area contributed by atoms with Crippen LogP contribution in [0.5, 0.6) is 17.4 Å². The summed E-state index contributed by atoms with van der Waals surface area (Å²) in [6.07, 6.45) is -0.904. The Labute approximate surface area is 277 Å². The molecule has 3 aromatic carbocycles. The second-order valence-electron chi connectivity index (χ2n) is 11.9. The Kier molecular flexibility index (Phi) is 9.67. The van der Waals surface area contributed by atoms with Crippen LogP contribution in [-0.2, 0) is 13.6 Å². The Balaban J connectivity index is 1.05. The number of aromatic nitrogens is 2. The number of aryl methyl sites for hydroxylation is 2. The van der Waals surface area contributed by atoms with Gasteiger partial charge < -0.3 is 23.8 Å². The zero-order valence-electron chi connectivity index (χ0n) is 27.1. The molecule has 9 nitrogen and oxygen atoms in total. The van der Waals surface area contributed by atoms with E-state index in [-0.39, 0.29) is 11.8 Å². The molecule has 0 spiro atoms. The monoisotopic (exact) mass is 653 g/mol. The number of halogens is 2. The summed E-state index contributed by atoms with van der Waals surface area (Å²) < 4.78 is 37.8. The Bertz CT molecular complexity index is 1880. The van der Waals surface area contributed by atoms with Crippen molar-refractivity contribution in [2.24, 2.45) is 7.05 Å². The minimum absolute atomic E-state index is 0.0297. The van der Waals surface area contributed by atoms with E-state index in [0.29, 0.717) is 54.0 Å². The van der Waals surface area contributed by atoms with Crippen molar-refractivity contribution in [1.82, 2.24) is 19.4 Å². The molecule has 0 unspecified atom stereocenters. The number of carbonyl (C=O) groups excluding carboxylic acids is 2. The Hall–Kier alpha value is -5.29. The molecule has 0 aliphatic carbocycles. The van der Waals surface area contributed by atoms with Gasteiger partial charge in [0, 0.05) is 69.9 Å². The molecule has 5 aromatic rings. The maximum absolute atomic E-state index is 13.6. The van der Waals surface area contributed by atoms with Crippen molar-refractivity contribution in [2.45, 2.75) is 19.9 Å². The molecule has 11 heteroatoms. The zero-order valence-corrected chi connectivity index (χ0v) is 27.1. The summed E-state index contributed by atoms with van der Waals surface area (Å²) in [5.74, 6) is 1.22. The smallest absolute Gasteiger partial charge is 0.272 e. The Morgan fingerprint density at radius 3 is 2.27 bits per heavy atom. The fourth-order valence-corrected chi connectivity index (χ4v) is 5.72. The van der Waals surface area contributed by atoms with Gasteiger partial charge in [-0.1, -0.05) is 29.8 Å². The largest absolute Gasteiger partial charge is 0.488 e. The lowest BCUT2D eigenvalue weighted by molar-refractivity contribution is 0.0619. The SMILES string of the molecule is Cc1ccc(C(=O)N(C)c2ccc(Oc3ccc4cc(C(=O)N5CCN(Cc6ccc(OCC(F)F)cc6)CC5)n(C)c4c3)nc2)cc1. The van der Waals surface area contributed by atoms with Gasteiger partial charge in [-0.3, -0.25) is 14.5 Å². The highest BCUT2D eigenvalue weighted by molar-refractivity contribution is 6.05. The minimum Gasteiger partial charge on any atom is -0.488 e. The molecule has 1 fully saturated rings. The molecule has 3 heterocycles. The Morgan fingerprint density at radius 1 is 0.896 bits per heavy atom. The average Bonchev–Trinajstić information content (AvgIpc) is 3.43. The van der Waals surface area contributed by atoms with Gasteiger partial charge in [0.05, 0.1) is 17.4 Å². The first-order chi connectivity index (χ1) is 23.1. The van der Waals surface area contributed by atoms with Gasteiger partial charge in [-0.15, -0.1) is 0 Å². The van der Waals surface area contributed by atoms with Crippen LogP contribution in [0.2, 0.25) is 0 Å². The normalized spacial score (nSPS) is 13.6. The van der Waals surface area contributed by atoms with E-state index in [9.17, 15) is 18.4 Å². The number of nitrogens with zero attached hydrogens (tertiary/aromatic N) is 5. The lowest BCUT2D eigenvalue weighted by Crippen LogP contribution is -2.48. The van der Waals surface area contributed by atoms with Gasteiger partial charge in [0.2, 0.25) is 5.88 Å². The lowest BCUT2D eigenvalue weighted by atomic mass is 10.1. The van der Waals surface area contributed by atoms with Gasteiger partial charge >= 0.3 is 0 Å². The van der Waals surface area contributed by atoms with E-state index in [1.807, 2.05) is 84.1 Å². The third kappa shape index (κ3) is 7.47. The summed E-state index contributed by atoms with van der Waals surface area (Å²) in [4.78, 5) is 36.5. The van der Waals surface area contributed by atoms with Crippen molar-refractivity contribution in [1.29, 1.82) is 0 Å². The van der Waals surface area contributed by atoms with Crippen LogP contribution in [-0.4, -0.2) is 77.4 Å². The van der Waals surface area contributed by atoms with E-state index >= 15 is 0 Å². The van der Waals surface area contributed by atoms with Gasteiger partial charge in [-0.2, -0.15) is 0 Å². The molecule has 0 radical (unpaired) electrons. The highest BCUT2D eigenvalue weighted by atomic mass is 19.3. The van der Waals surface area contributed by atoms with Crippen LogP contribution >= 0.6 is 0 Å². The van der Waals surface area contributed by atoms with Gasteiger partial charge in [0.1, 0.15) is 23.8 Å². The number of amides is 2. The summed E-state index contributed by atoms with van der Waals surface area (Å²) in [5.41, 5.74) is 4.84. The van der Waals surface area contributed by atoms with E-state index < -0.39 is 13.0 Å². The first-order valence-electron chi connectivity index (χ1n) is 15.7. The first-order valence-corrected chi connectivity index (χ1v) is 15.7. The van der Waals surface area contributed by atoms with E-state index in [4.69, 9.17) is 9.47 Å². The average molecular weight is 654 g/mol. The predicted octanol–water partition coefficient (Wildman–Crippen LogP) is 6.55. The molecule has 48 heavy (non-hydrogen) atoms. The van der Waals surface area contributed by atoms with Crippen LogP contribution in [0.1, 0.15) is 32.0 Å². The minimum atomic E-state index is -2.51. The van der Waals surface area contributed by atoms with Gasteiger partial charge in [0.15, 0.2) is 0 Å². The molecule has 6 rings (SSSR count). The van der Waals surface area contributed by atoms with E-state index in [0.717, 1.165) is 35.1 Å². The summed E-state index contributed by atoms with van der Waals surface area (Å²) >= 11 is 0. The molecular weight excluding hydrogens is 616 g/mol. The summed E-state index contributed by atoms with van der Waals surface area (Å²) in [6.45, 7) is 4.69. The summed E-state index contributed by atoms with van der Waals surface area (Å²) in [5, 5.41) is 0.923. The quantitative estimate of drug-likeness (QED) is 0.170. The fourth-order valence-electron chi connectivity index (χ4n) is 5.72. The molecule has 0 N–H and O–H groups in total. The van der Waals surface area contributed by atoms with Gasteiger partial charge in [-0.05, 0) is 61.0 Å². The zero-order chi connectivity index (χ0) is 33.8. The van der Waals surface area contributed by atoms with Crippen LogP contribution < -0.4 is 14.4 Å². The third-order valence-electron chi connectivity index (χ3n) is 8.53. The van der Waals surface area contributed by atoms with E-state index in [1.165, 1.54) is 0 Å². The molecule has 1 aliphatic rings. The second-order valence-corrected chi connectivity index (χ2v) is 11.9. The van der Waals surface area contributed by atoms with Crippen LogP contribution in [0.4, 0.5) is 14.5 Å². The molecule has 0 saturated carbocycles. The topological polar surface area (TPSA) is 80.1 Å². The molecule has 1 aliphatic heterocycles. The summed E-state index contributed by atoms with van der Waals surface area (Å²) in [7, 11) is 3.58. The number of alkyl halides is 2. The molecule has 2 amide bonds. The van der Waals surface area contributed by atoms with Crippen LogP contribution in [0.15, 0.2) is 91.1 Å². The highest BCUT2D eigenvalue weighted by Gasteiger charge is 2.25. The molecule has 0 bridgehead atoms. The number of anilines is 1. The molecule has 0 atom stereocenters. The number of rotatable bonds is 10. The van der Waals surface area contributed by atoms with Crippen molar-refractivity contribution in [3.8, 4) is 17.4 Å². The maximum Gasteiger partial charge on any atom is 0.272 e. The number of hydrogen-bond donors (Lipinski definition) is 0. The number of fused-ring (bicyclic) bond motifs is 1. The van der Waals surface area contributed by atoms with Crippen LogP contribution in [0, 0.1) is 6.92 Å². The number of carbonyl (C=O) groups is 2. The predicted molar refractivity (Wildman–Crippen MR) is 180 cm³/mol. The van der Waals surface area contributed by atoms with Gasteiger partial charge in [-0.25, -0.2) is 13.8 Å². The highest BCUT2D eigenvalue weighted by Crippen LogP contribution is 2.28. The molecular formula is C37H37F2N5O4. The van der Waals surface area contributed by atoms with Crippen molar-refractivity contribution in [3.05, 3.63) is 114 Å². The van der Waals surface area contributed by atoms with Crippen molar-refractivity contribution in [3.63, 3.8) is 0 Å². The second kappa shape index (κ2) is 14.2. The van der Waals surface area contributed by atoms with Crippen LogP contribution in [0.25, 0.3) is 10.9 Å². The summed E-state index contributed by atoms with van der Waals surface area (Å²) in [6, 6.07) is 25.7. The first kappa shape index (κ1) is 32.6. The molecule has 1 saturated heterocycles. The number of pyridine rings is 1. The Morgan fingerprint density at radius 2 is 1.60 bits per heavy atom. The van der Waals surface area contributed by atoms with Crippen molar-refractivity contribution >= 4 is 28.4 Å². The van der Waals surface area contributed by atoms with Crippen molar-refractivity contribution in [2.75, 3.05) is 44.7 Å². The molecule has 248 valence electrons. The van der Waals surface area contributed by atoms with E-state index in [1.54, 1.807) is 42.4 Å². The third-order valence-corrected chi connectivity index (χ3v) is 8.53. The lowest BCUT2D eigenvalue weighted by Gasteiger charge is -2.34. The van der Waals surface area contributed by atoms with E-state index in [2.05, 4.69) is 9.88 Å².